The highest BCUT2D eigenvalue weighted by Crippen LogP contribution is 1.64. The molecule has 0 aliphatic heterocycles. The molecule has 48 valence electrons. The predicted molar refractivity (Wildman–Crippen MR) is 40.0 cm³/mol. The molecule has 1 heteroatoms. The van der Waals surface area contributed by atoms with Crippen molar-refractivity contribution in [2.24, 2.45) is 0 Å². The van der Waals surface area contributed by atoms with Gasteiger partial charge in [-0.2, -0.15) is 0 Å². The lowest BCUT2D eigenvalue weighted by molar-refractivity contribution is 1.02. The maximum atomic E-state index is 3.46. The molecule has 0 amide bonds. The molecule has 0 radical (unpaired) electrons. The molecule has 0 aliphatic rings. The number of hydrogen-bond donors (Lipinski definition) is 1. The van der Waals surface area contributed by atoms with Crippen LogP contribution < -0.4 is 5.32 Å². The van der Waals surface area contributed by atoms with Crippen LogP contribution in [-0.2, 0) is 0 Å². The second kappa shape index (κ2) is 16.1. The molecule has 0 unspecified atom stereocenters. The second-order valence-corrected chi connectivity index (χ2v) is 1.26. The fraction of sp³-hybridized carbons (Fsp3) is 0.429. The van der Waals surface area contributed by atoms with Gasteiger partial charge in [0.1, 0.15) is 0 Å². The minimum atomic E-state index is 1.75. The lowest BCUT2D eigenvalue weighted by Gasteiger charge is -1.59. The summed E-state index contributed by atoms with van der Waals surface area (Å²) < 4.78 is 0. The molecule has 0 aromatic rings. The zero-order chi connectivity index (χ0) is 6.83. The van der Waals surface area contributed by atoms with Crippen molar-refractivity contribution in [3.05, 3.63) is 24.8 Å². The van der Waals surface area contributed by atoms with Gasteiger partial charge in [0.25, 0.3) is 0 Å². The fourth-order valence-corrected chi connectivity index (χ4v) is 0.136. The molecule has 0 saturated carbocycles. The summed E-state index contributed by atoms with van der Waals surface area (Å²) >= 11 is 0. The van der Waals surface area contributed by atoms with Crippen molar-refractivity contribution in [2.75, 3.05) is 14.1 Å². The third-order valence-corrected chi connectivity index (χ3v) is 0.329. The van der Waals surface area contributed by atoms with E-state index >= 15 is 0 Å². The van der Waals surface area contributed by atoms with Crippen molar-refractivity contribution in [3.63, 3.8) is 0 Å². The third-order valence-electron chi connectivity index (χ3n) is 0.329. The number of rotatable bonds is 1. The quantitative estimate of drug-likeness (QED) is 0.509. The first-order chi connectivity index (χ1) is 3.83. The number of hydrogen-bond acceptors (Lipinski definition) is 1. The smallest absolute Gasteiger partial charge is 0.0167 e. The van der Waals surface area contributed by atoms with Crippen LogP contribution in [0.25, 0.3) is 0 Å². The first kappa shape index (κ1) is 10.4. The van der Waals surface area contributed by atoms with Crippen LogP contribution in [0.4, 0.5) is 0 Å². The summed E-state index contributed by atoms with van der Waals surface area (Å²) in [6, 6.07) is 0. The van der Waals surface area contributed by atoms with Gasteiger partial charge in [0.05, 0.1) is 0 Å². The largest absolute Gasteiger partial charge is 0.323 e. The molecule has 0 atom stereocenters. The van der Waals surface area contributed by atoms with Gasteiger partial charge in [-0.25, -0.2) is 0 Å². The van der Waals surface area contributed by atoms with Crippen LogP contribution in [0.1, 0.15) is 6.92 Å². The topological polar surface area (TPSA) is 12.0 Å². The first-order valence-electron chi connectivity index (χ1n) is 2.65. The minimum absolute atomic E-state index is 1.75. The molecule has 1 N–H and O–H groups in total. The Morgan fingerprint density at radius 1 is 1.38 bits per heavy atom. The molecular weight excluding hydrogens is 98.1 g/mol. The molecule has 0 aliphatic carbocycles. The van der Waals surface area contributed by atoms with Gasteiger partial charge >= 0.3 is 0 Å². The molecule has 8 heavy (non-hydrogen) atoms. The molecule has 0 aromatic heterocycles. The van der Waals surface area contributed by atoms with Gasteiger partial charge in [-0.3, -0.25) is 0 Å². The Hall–Kier alpha value is -0.560. The Bertz CT molecular complexity index is 55.4. The standard InChI is InChI=1S/C5H8.C2H7N/c1-3-5-4-2;1-3-2/h3-5H,1H2,2H3;3H,1-2H3/b5-4-;. The van der Waals surface area contributed by atoms with Gasteiger partial charge in [0, 0.05) is 0 Å². The summed E-state index contributed by atoms with van der Waals surface area (Å²) in [6.45, 7) is 5.42. The molecule has 0 bridgehead atoms. The molecule has 1 nitrogen and oxygen atoms in total. The average molecular weight is 113 g/mol. The van der Waals surface area contributed by atoms with Gasteiger partial charge in [-0.15, -0.1) is 0 Å². The van der Waals surface area contributed by atoms with Crippen LogP contribution in [0.2, 0.25) is 0 Å². The van der Waals surface area contributed by atoms with E-state index < -0.39 is 0 Å². The van der Waals surface area contributed by atoms with Crippen molar-refractivity contribution < 1.29 is 0 Å². The van der Waals surface area contributed by atoms with Gasteiger partial charge in [0.15, 0.2) is 0 Å². The van der Waals surface area contributed by atoms with Crippen molar-refractivity contribution in [3.8, 4) is 0 Å². The van der Waals surface area contributed by atoms with Gasteiger partial charge in [-0.1, -0.05) is 24.8 Å². The number of allylic oxidation sites excluding steroid dienone is 3. The van der Waals surface area contributed by atoms with E-state index in [0.717, 1.165) is 0 Å². The lowest BCUT2D eigenvalue weighted by atomic mass is 10.5. The summed E-state index contributed by atoms with van der Waals surface area (Å²) in [5, 5.41) is 2.75. The molecule has 0 fully saturated rings. The Balaban J connectivity index is 0. The van der Waals surface area contributed by atoms with E-state index in [9.17, 15) is 0 Å². The maximum Gasteiger partial charge on any atom is -0.0167 e. The summed E-state index contributed by atoms with van der Waals surface area (Å²) in [5.41, 5.74) is 0. The highest BCUT2D eigenvalue weighted by molar-refractivity contribution is 4.94. The Labute approximate surface area is 52.1 Å². The van der Waals surface area contributed by atoms with Crippen molar-refractivity contribution >= 4 is 0 Å². The van der Waals surface area contributed by atoms with Crippen molar-refractivity contribution in [2.45, 2.75) is 6.92 Å². The van der Waals surface area contributed by atoms with Crippen LogP contribution in [0, 0.1) is 0 Å². The zero-order valence-corrected chi connectivity index (χ0v) is 5.94. The molecule has 0 spiro atoms. The van der Waals surface area contributed by atoms with E-state index in [-0.39, 0.29) is 0 Å². The van der Waals surface area contributed by atoms with Crippen LogP contribution in [-0.4, -0.2) is 14.1 Å². The lowest BCUT2D eigenvalue weighted by Crippen LogP contribution is -1.89. The van der Waals surface area contributed by atoms with Crippen LogP contribution >= 0.6 is 0 Å². The average Bonchev–Trinajstić information content (AvgIpc) is 1.71. The summed E-state index contributed by atoms with van der Waals surface area (Å²) in [7, 11) is 3.75. The van der Waals surface area contributed by atoms with Gasteiger partial charge in [0.2, 0.25) is 0 Å². The SMILES string of the molecule is C=C/C=C\C.CNC. The molecule has 0 saturated heterocycles. The van der Waals surface area contributed by atoms with E-state index in [1.807, 2.05) is 33.2 Å². The monoisotopic (exact) mass is 113 g/mol. The molecule has 0 rings (SSSR count). The van der Waals surface area contributed by atoms with E-state index in [2.05, 4.69) is 11.9 Å². The maximum absolute atomic E-state index is 3.46. The van der Waals surface area contributed by atoms with Crippen LogP contribution in [0.15, 0.2) is 24.8 Å². The highest BCUT2D eigenvalue weighted by Gasteiger charge is 1.42. The normalized spacial score (nSPS) is 7.88. The Morgan fingerprint density at radius 2 is 1.75 bits per heavy atom. The van der Waals surface area contributed by atoms with E-state index in [0.29, 0.717) is 0 Å². The highest BCUT2D eigenvalue weighted by atomic mass is 14.7. The molecule has 0 heterocycles. The van der Waals surface area contributed by atoms with E-state index in [4.69, 9.17) is 0 Å². The minimum Gasteiger partial charge on any atom is -0.323 e. The molecule has 0 aromatic carbocycles. The third kappa shape index (κ3) is 51.7. The Kier molecular flexibility index (Phi) is 21.0. The summed E-state index contributed by atoms with van der Waals surface area (Å²) in [5.74, 6) is 0. The zero-order valence-electron chi connectivity index (χ0n) is 5.94. The fourth-order valence-electron chi connectivity index (χ4n) is 0.136. The van der Waals surface area contributed by atoms with Crippen LogP contribution in [0.5, 0.6) is 0 Å². The van der Waals surface area contributed by atoms with Gasteiger partial charge in [-0.05, 0) is 21.0 Å². The van der Waals surface area contributed by atoms with E-state index in [1.54, 1.807) is 6.08 Å². The number of nitrogens with one attached hydrogen (secondary N) is 1. The van der Waals surface area contributed by atoms with Gasteiger partial charge < -0.3 is 5.32 Å². The Morgan fingerprint density at radius 3 is 1.75 bits per heavy atom. The van der Waals surface area contributed by atoms with Crippen LogP contribution in [0.3, 0.4) is 0 Å². The summed E-state index contributed by atoms with van der Waals surface area (Å²) in [4.78, 5) is 0. The van der Waals surface area contributed by atoms with Crippen molar-refractivity contribution in [1.29, 1.82) is 0 Å². The first-order valence-corrected chi connectivity index (χ1v) is 2.65. The predicted octanol–water partition coefficient (Wildman–Crippen LogP) is 1.58. The van der Waals surface area contributed by atoms with E-state index in [1.165, 1.54) is 0 Å². The molecular formula is C7H15N. The van der Waals surface area contributed by atoms with Crippen molar-refractivity contribution in [1.82, 2.24) is 5.32 Å². The second-order valence-electron chi connectivity index (χ2n) is 1.26. The summed E-state index contributed by atoms with van der Waals surface area (Å²) in [6.07, 6.45) is 5.58.